The lowest BCUT2D eigenvalue weighted by Gasteiger charge is -2.24. The molecule has 0 aromatic carbocycles. The quantitative estimate of drug-likeness (QED) is 0.129. The van der Waals surface area contributed by atoms with Crippen LogP contribution in [0, 0.1) is 3.70 Å². The first-order valence-corrected chi connectivity index (χ1v) is 19.9. The number of aryl methyl sites for hydroxylation is 2. The molecule has 9 rings (SSSR count). The highest BCUT2D eigenvalue weighted by Crippen LogP contribution is 2.32. The molecule has 0 unspecified atom stereocenters. The first-order valence-electron chi connectivity index (χ1n) is 18.0. The summed E-state index contributed by atoms with van der Waals surface area (Å²) in [5.41, 5.74) is 7.75. The molecule has 7 aromatic heterocycles. The van der Waals surface area contributed by atoms with Gasteiger partial charge in [-0.25, -0.2) is 24.9 Å². The van der Waals surface area contributed by atoms with Gasteiger partial charge in [0.2, 0.25) is 0 Å². The van der Waals surface area contributed by atoms with Crippen molar-refractivity contribution in [3.8, 4) is 11.4 Å². The van der Waals surface area contributed by atoms with Gasteiger partial charge in [-0.15, -0.1) is 0 Å². The molecule has 0 atom stereocenters. The third kappa shape index (κ3) is 8.25. The standard InChI is InChI=1S/C18H23N5O.C13H14ClN5.C7H5ClIN3/c1-12(2)23-10-15(21-11-23)17-16-13(9-20-17)3-6-19-18(16)22-14-4-7-24-8-5-14;1-8(2)19-6-9(16-7-19)12-11-10(18(3)17-12)4-5-15-13(11)14;1-12-4-2-3-10-6(8)5(4)7(9)11-12/h3,6,10-12,14H,4-5,7-9H2,1-2H3,(H,19,22);4-8H,1-3H3;2-3H,1H3. The van der Waals surface area contributed by atoms with Crippen molar-refractivity contribution in [3.05, 3.63) is 92.7 Å². The van der Waals surface area contributed by atoms with E-state index in [1.165, 1.54) is 5.56 Å². The van der Waals surface area contributed by atoms with Crippen molar-refractivity contribution < 1.29 is 4.74 Å². The number of pyridine rings is 3. The van der Waals surface area contributed by atoms with Gasteiger partial charge in [0.05, 0.1) is 46.7 Å². The number of imidazole rings is 2. The fourth-order valence-electron chi connectivity index (χ4n) is 6.45. The Hall–Kier alpha value is -4.45. The molecule has 1 saturated heterocycles. The molecule has 2 aliphatic heterocycles. The third-order valence-electron chi connectivity index (χ3n) is 9.52. The summed E-state index contributed by atoms with van der Waals surface area (Å²) in [6.07, 6.45) is 15.0. The SMILES string of the molecule is CC(C)n1cnc(-c2nn(C)c3ccnc(Cl)c23)c1.CC(C)n1cnc(C2=NCc3ccnc(NC4CCOCC4)c32)c1.Cn1nc(I)c2c(Cl)nccc21. The molecule has 1 N–H and O–H groups in total. The molecule has 7 aromatic rings. The van der Waals surface area contributed by atoms with E-state index < -0.39 is 0 Å². The summed E-state index contributed by atoms with van der Waals surface area (Å²) in [5.74, 6) is 0.926. The summed E-state index contributed by atoms with van der Waals surface area (Å²) in [6, 6.07) is 7.02. The van der Waals surface area contributed by atoms with Crippen molar-refractivity contribution in [2.75, 3.05) is 18.5 Å². The largest absolute Gasteiger partial charge is 0.381 e. The summed E-state index contributed by atoms with van der Waals surface area (Å²) in [4.78, 5) is 26.4. The minimum atomic E-state index is 0.366. The zero-order valence-corrected chi connectivity index (χ0v) is 35.1. The molecule has 9 heterocycles. The summed E-state index contributed by atoms with van der Waals surface area (Å²) >= 11 is 14.3. The van der Waals surface area contributed by atoms with Crippen LogP contribution in [0.25, 0.3) is 33.2 Å². The topological polar surface area (TPSA) is 144 Å². The van der Waals surface area contributed by atoms with E-state index in [2.05, 4.69) is 108 Å². The van der Waals surface area contributed by atoms with Crippen molar-refractivity contribution in [3.63, 3.8) is 0 Å². The van der Waals surface area contributed by atoms with Gasteiger partial charge in [0, 0.05) is 82.0 Å². The van der Waals surface area contributed by atoms with E-state index in [-0.39, 0.29) is 0 Å². The Morgan fingerprint density at radius 2 is 1.35 bits per heavy atom. The van der Waals surface area contributed by atoms with Crippen LogP contribution in [0.1, 0.15) is 69.4 Å². The molecule has 14 nitrogen and oxygen atoms in total. The Bertz CT molecular complexity index is 2480. The number of anilines is 1. The van der Waals surface area contributed by atoms with Gasteiger partial charge in [0.15, 0.2) is 0 Å². The summed E-state index contributed by atoms with van der Waals surface area (Å²) in [6.45, 7) is 10.8. The van der Waals surface area contributed by atoms with Gasteiger partial charge in [0.25, 0.3) is 0 Å². The van der Waals surface area contributed by atoms with E-state index in [0.717, 1.165) is 85.7 Å². The fourth-order valence-corrected chi connectivity index (χ4v) is 7.95. The van der Waals surface area contributed by atoms with E-state index in [1.54, 1.807) is 21.8 Å². The Kier molecular flexibility index (Phi) is 11.8. The maximum atomic E-state index is 6.20. The van der Waals surface area contributed by atoms with Gasteiger partial charge in [-0.2, -0.15) is 10.2 Å². The predicted molar refractivity (Wildman–Crippen MR) is 225 cm³/mol. The van der Waals surface area contributed by atoms with Gasteiger partial charge < -0.3 is 19.2 Å². The Balaban J connectivity index is 0.000000134. The zero-order chi connectivity index (χ0) is 38.8. The number of hydrogen-bond donors (Lipinski definition) is 1. The van der Waals surface area contributed by atoms with Crippen molar-refractivity contribution >= 4 is 79.1 Å². The Morgan fingerprint density at radius 1 is 0.764 bits per heavy atom. The maximum absolute atomic E-state index is 6.20. The van der Waals surface area contributed by atoms with Crippen molar-refractivity contribution in [1.82, 2.24) is 53.6 Å². The van der Waals surface area contributed by atoms with E-state index in [1.807, 2.05) is 55.8 Å². The van der Waals surface area contributed by atoms with Crippen LogP contribution in [0.3, 0.4) is 0 Å². The number of nitrogens with zero attached hydrogens (tertiary/aromatic N) is 12. The van der Waals surface area contributed by atoms with Crippen LogP contribution in [-0.4, -0.2) is 78.6 Å². The monoisotopic (exact) mass is 893 g/mol. The Labute approximate surface area is 342 Å². The second-order valence-electron chi connectivity index (χ2n) is 13.9. The van der Waals surface area contributed by atoms with Gasteiger partial charge in [-0.05, 0) is 86.9 Å². The number of rotatable bonds is 6. The van der Waals surface area contributed by atoms with Crippen LogP contribution in [0.5, 0.6) is 0 Å². The van der Waals surface area contributed by atoms with E-state index >= 15 is 0 Å². The molecular formula is C38H42Cl2IN13O. The maximum Gasteiger partial charge on any atom is 0.141 e. The van der Waals surface area contributed by atoms with Crippen molar-refractivity contribution in [1.29, 1.82) is 0 Å². The number of halogens is 3. The van der Waals surface area contributed by atoms with Gasteiger partial charge in [-0.1, -0.05) is 23.2 Å². The number of ether oxygens (including phenoxy) is 1. The molecule has 0 aliphatic carbocycles. The molecule has 0 radical (unpaired) electrons. The van der Waals surface area contributed by atoms with Crippen molar-refractivity contribution in [2.45, 2.75) is 65.2 Å². The molecule has 1 fully saturated rings. The lowest BCUT2D eigenvalue weighted by atomic mass is 10.0. The fraction of sp³-hybridized carbons (Fsp3) is 0.368. The van der Waals surface area contributed by atoms with Crippen LogP contribution in [-0.2, 0) is 25.4 Å². The molecule has 0 bridgehead atoms. The lowest BCUT2D eigenvalue weighted by Crippen LogP contribution is -2.29. The van der Waals surface area contributed by atoms with E-state index in [9.17, 15) is 0 Å². The average molecular weight is 895 g/mol. The summed E-state index contributed by atoms with van der Waals surface area (Å²) in [7, 11) is 3.78. The molecule has 0 spiro atoms. The van der Waals surface area contributed by atoms with Gasteiger partial charge >= 0.3 is 0 Å². The molecule has 0 saturated carbocycles. The second kappa shape index (κ2) is 16.7. The van der Waals surface area contributed by atoms with Crippen LogP contribution >= 0.6 is 45.8 Å². The minimum Gasteiger partial charge on any atom is -0.381 e. The van der Waals surface area contributed by atoms with Crippen LogP contribution < -0.4 is 5.32 Å². The first kappa shape index (κ1) is 38.8. The number of aromatic nitrogens is 11. The minimum absolute atomic E-state index is 0.366. The average Bonchev–Trinajstić information content (AvgIpc) is 4.01. The first-order chi connectivity index (χ1) is 26.5. The molecular weight excluding hydrogens is 852 g/mol. The molecule has 2 aliphatic rings. The molecule has 55 heavy (non-hydrogen) atoms. The van der Waals surface area contributed by atoms with Crippen molar-refractivity contribution in [2.24, 2.45) is 19.1 Å². The van der Waals surface area contributed by atoms with E-state index in [4.69, 9.17) is 32.9 Å². The highest BCUT2D eigenvalue weighted by Gasteiger charge is 2.26. The number of fused-ring (bicyclic) bond motifs is 3. The van der Waals surface area contributed by atoms with Gasteiger partial charge in [-0.3, -0.25) is 14.4 Å². The van der Waals surface area contributed by atoms with Crippen LogP contribution in [0.15, 0.2) is 66.8 Å². The zero-order valence-electron chi connectivity index (χ0n) is 31.4. The Morgan fingerprint density at radius 3 is 1.98 bits per heavy atom. The summed E-state index contributed by atoms with van der Waals surface area (Å²) in [5, 5.41) is 15.1. The molecule has 17 heteroatoms. The normalized spacial score (nSPS) is 14.2. The predicted octanol–water partition coefficient (Wildman–Crippen LogP) is 8.09. The second-order valence-corrected chi connectivity index (χ2v) is 15.6. The van der Waals surface area contributed by atoms with Crippen LogP contribution in [0.2, 0.25) is 10.3 Å². The number of hydrogen-bond acceptors (Lipinski definition) is 10. The lowest BCUT2D eigenvalue weighted by molar-refractivity contribution is 0.0904. The summed E-state index contributed by atoms with van der Waals surface area (Å²) < 4.78 is 14.1. The smallest absolute Gasteiger partial charge is 0.141 e. The number of aliphatic imine (C=N–C) groups is 1. The molecule has 286 valence electrons. The van der Waals surface area contributed by atoms with Gasteiger partial charge in [0.1, 0.15) is 36.9 Å². The third-order valence-corrected chi connectivity index (χ3v) is 10.8. The number of nitrogens with one attached hydrogen (secondary N) is 1. The van der Waals surface area contributed by atoms with Crippen LogP contribution in [0.4, 0.5) is 5.82 Å². The molecule has 0 amide bonds. The van der Waals surface area contributed by atoms with E-state index in [0.29, 0.717) is 35.0 Å². The highest BCUT2D eigenvalue weighted by molar-refractivity contribution is 14.1. The highest BCUT2D eigenvalue weighted by atomic mass is 127.